The second-order valence-electron chi connectivity index (χ2n) is 3.79. The molecule has 0 unspecified atom stereocenters. The molecule has 0 aromatic heterocycles. The number of nitrogen functional groups attached to an aromatic ring is 1. The monoisotopic (exact) mass is 270 g/mol. The molecule has 2 N–H and O–H groups in total. The van der Waals surface area contributed by atoms with Crippen LogP contribution in [0.25, 0.3) is 0 Å². The summed E-state index contributed by atoms with van der Waals surface area (Å²) in [5, 5.41) is 0.335. The zero-order valence-corrected chi connectivity index (χ0v) is 11.0. The van der Waals surface area contributed by atoms with Crippen molar-refractivity contribution >= 4 is 29.2 Å². The van der Waals surface area contributed by atoms with E-state index in [1.165, 1.54) is 18.1 Å². The Hall–Kier alpha value is -1.75. The Morgan fingerprint density at radius 2 is 2.11 bits per heavy atom. The molecule has 0 aliphatic rings. The molecule has 18 heavy (non-hydrogen) atoms. The first-order valence-electron chi connectivity index (χ1n) is 5.33. The number of anilines is 1. The second kappa shape index (κ2) is 6.26. The van der Waals surface area contributed by atoms with E-state index >= 15 is 0 Å². The molecule has 0 bridgehead atoms. The van der Waals surface area contributed by atoms with Crippen LogP contribution in [0.1, 0.15) is 16.8 Å². The van der Waals surface area contributed by atoms with E-state index < -0.39 is 0 Å². The maximum atomic E-state index is 12.0. The van der Waals surface area contributed by atoms with E-state index in [0.29, 0.717) is 16.3 Å². The van der Waals surface area contributed by atoms with E-state index in [4.69, 9.17) is 17.3 Å². The summed E-state index contributed by atoms with van der Waals surface area (Å²) in [4.78, 5) is 24.4. The lowest BCUT2D eigenvalue weighted by Crippen LogP contribution is -2.29. The molecule has 98 valence electrons. The SMILES string of the molecule is COC(=O)CCN(C)C(=O)c1ccc(N)c(Cl)c1. The Balaban J connectivity index is 2.68. The van der Waals surface area contributed by atoms with Gasteiger partial charge in [0.1, 0.15) is 0 Å². The van der Waals surface area contributed by atoms with Gasteiger partial charge in [-0.3, -0.25) is 9.59 Å². The zero-order chi connectivity index (χ0) is 13.7. The molecule has 1 aromatic carbocycles. The largest absolute Gasteiger partial charge is 0.469 e. The number of methoxy groups -OCH3 is 1. The van der Waals surface area contributed by atoms with Crippen LogP contribution in [0.5, 0.6) is 0 Å². The minimum absolute atomic E-state index is 0.154. The van der Waals surface area contributed by atoms with E-state index in [1.807, 2.05) is 0 Å². The van der Waals surface area contributed by atoms with Crippen LogP contribution in [-0.4, -0.2) is 37.5 Å². The fraction of sp³-hybridized carbons (Fsp3) is 0.333. The molecule has 0 saturated carbocycles. The molecule has 1 amide bonds. The third-order valence-electron chi connectivity index (χ3n) is 2.47. The van der Waals surface area contributed by atoms with Crippen molar-refractivity contribution < 1.29 is 14.3 Å². The van der Waals surface area contributed by atoms with Gasteiger partial charge in [0.15, 0.2) is 0 Å². The molecule has 0 radical (unpaired) electrons. The highest BCUT2D eigenvalue weighted by molar-refractivity contribution is 6.33. The van der Waals surface area contributed by atoms with Crippen LogP contribution in [0.2, 0.25) is 5.02 Å². The van der Waals surface area contributed by atoms with Gasteiger partial charge in [-0.2, -0.15) is 0 Å². The molecule has 0 fully saturated rings. The topological polar surface area (TPSA) is 72.6 Å². The highest BCUT2D eigenvalue weighted by atomic mass is 35.5. The Bertz CT molecular complexity index is 463. The van der Waals surface area contributed by atoms with E-state index in [-0.39, 0.29) is 24.8 Å². The molecule has 1 aromatic rings. The third-order valence-corrected chi connectivity index (χ3v) is 2.80. The molecule has 0 aliphatic carbocycles. The van der Waals surface area contributed by atoms with Crippen LogP contribution < -0.4 is 5.73 Å². The van der Waals surface area contributed by atoms with Gasteiger partial charge in [0.25, 0.3) is 5.91 Å². The summed E-state index contributed by atoms with van der Waals surface area (Å²) >= 11 is 5.84. The van der Waals surface area contributed by atoms with Crippen LogP contribution in [0.15, 0.2) is 18.2 Å². The number of hydrogen-bond donors (Lipinski definition) is 1. The molecule has 0 atom stereocenters. The highest BCUT2D eigenvalue weighted by Gasteiger charge is 2.14. The van der Waals surface area contributed by atoms with Crippen LogP contribution in [0, 0.1) is 0 Å². The number of halogens is 1. The number of ether oxygens (including phenoxy) is 1. The van der Waals surface area contributed by atoms with Crippen molar-refractivity contribution in [3.63, 3.8) is 0 Å². The Morgan fingerprint density at radius 1 is 1.44 bits per heavy atom. The van der Waals surface area contributed by atoms with Gasteiger partial charge in [0, 0.05) is 19.2 Å². The summed E-state index contributed by atoms with van der Waals surface area (Å²) in [6, 6.07) is 4.68. The molecule has 0 heterocycles. The van der Waals surface area contributed by atoms with E-state index in [0.717, 1.165) is 0 Å². The molecule has 5 nitrogen and oxygen atoms in total. The Labute approximate surface area is 110 Å². The number of nitrogens with zero attached hydrogens (tertiary/aromatic N) is 1. The molecule has 0 aliphatic heterocycles. The van der Waals surface area contributed by atoms with Crippen molar-refractivity contribution in [1.29, 1.82) is 0 Å². The van der Waals surface area contributed by atoms with Gasteiger partial charge in [0.2, 0.25) is 0 Å². The predicted molar refractivity (Wildman–Crippen MR) is 69.5 cm³/mol. The lowest BCUT2D eigenvalue weighted by Gasteiger charge is -2.16. The average Bonchev–Trinajstić information content (AvgIpc) is 2.37. The second-order valence-corrected chi connectivity index (χ2v) is 4.20. The number of carbonyl (C=O) groups excluding carboxylic acids is 2. The number of nitrogens with two attached hydrogens (primary N) is 1. The van der Waals surface area contributed by atoms with E-state index in [2.05, 4.69) is 4.74 Å². The number of hydrogen-bond acceptors (Lipinski definition) is 4. The van der Waals surface area contributed by atoms with Crippen LogP contribution in [0.4, 0.5) is 5.69 Å². The minimum Gasteiger partial charge on any atom is -0.469 e. The van der Waals surface area contributed by atoms with Crippen molar-refractivity contribution in [2.45, 2.75) is 6.42 Å². The normalized spacial score (nSPS) is 9.94. The van der Waals surface area contributed by atoms with Gasteiger partial charge in [-0.15, -0.1) is 0 Å². The van der Waals surface area contributed by atoms with E-state index in [1.54, 1.807) is 19.2 Å². The average molecular weight is 271 g/mol. The molecular weight excluding hydrogens is 256 g/mol. The summed E-state index contributed by atoms with van der Waals surface area (Å²) in [6.07, 6.45) is 0.154. The van der Waals surface area contributed by atoms with Crippen LogP contribution in [0.3, 0.4) is 0 Å². The lowest BCUT2D eigenvalue weighted by atomic mass is 10.2. The summed E-state index contributed by atoms with van der Waals surface area (Å²) in [5.41, 5.74) is 6.42. The smallest absolute Gasteiger partial charge is 0.307 e. The minimum atomic E-state index is -0.356. The van der Waals surface area contributed by atoms with Gasteiger partial charge in [-0.05, 0) is 18.2 Å². The van der Waals surface area contributed by atoms with Crippen LogP contribution in [-0.2, 0) is 9.53 Å². The molecule has 6 heteroatoms. The third kappa shape index (κ3) is 3.63. The maximum Gasteiger partial charge on any atom is 0.307 e. The number of rotatable bonds is 4. The lowest BCUT2D eigenvalue weighted by molar-refractivity contribution is -0.140. The van der Waals surface area contributed by atoms with Gasteiger partial charge >= 0.3 is 5.97 Å². The highest BCUT2D eigenvalue weighted by Crippen LogP contribution is 2.20. The molecule has 0 spiro atoms. The van der Waals surface area contributed by atoms with Crippen LogP contribution >= 0.6 is 11.6 Å². The number of amides is 1. The number of esters is 1. The maximum absolute atomic E-state index is 12.0. The first-order chi connectivity index (χ1) is 8.45. The van der Waals surface area contributed by atoms with Crippen molar-refractivity contribution in [3.8, 4) is 0 Å². The summed E-state index contributed by atoms with van der Waals surface area (Å²) in [5.74, 6) is -0.578. The fourth-order valence-electron chi connectivity index (χ4n) is 1.34. The molecule has 1 rings (SSSR count). The summed E-state index contributed by atoms with van der Waals surface area (Å²) in [7, 11) is 2.92. The van der Waals surface area contributed by atoms with Crippen molar-refractivity contribution in [2.75, 3.05) is 26.4 Å². The van der Waals surface area contributed by atoms with Crippen molar-refractivity contribution in [3.05, 3.63) is 28.8 Å². The molecule has 0 saturated heterocycles. The standard InChI is InChI=1S/C12H15ClN2O3/c1-15(6-5-11(16)18-2)12(17)8-3-4-10(14)9(13)7-8/h3-4,7H,5-6,14H2,1-2H3. The predicted octanol–water partition coefficient (Wildman–Crippen LogP) is 1.56. The van der Waals surface area contributed by atoms with Gasteiger partial charge in [0.05, 0.1) is 24.2 Å². The first-order valence-corrected chi connectivity index (χ1v) is 5.70. The van der Waals surface area contributed by atoms with Gasteiger partial charge < -0.3 is 15.4 Å². The zero-order valence-electron chi connectivity index (χ0n) is 10.3. The van der Waals surface area contributed by atoms with Crippen molar-refractivity contribution in [1.82, 2.24) is 4.90 Å². The van der Waals surface area contributed by atoms with Crippen molar-refractivity contribution in [2.24, 2.45) is 0 Å². The summed E-state index contributed by atoms with van der Waals surface area (Å²) < 4.78 is 4.51. The summed E-state index contributed by atoms with van der Waals surface area (Å²) in [6.45, 7) is 0.285. The Kier molecular flexibility index (Phi) is 4.97. The van der Waals surface area contributed by atoms with E-state index in [9.17, 15) is 9.59 Å². The molecular formula is C12H15ClN2O3. The quantitative estimate of drug-likeness (QED) is 0.666. The van der Waals surface area contributed by atoms with Gasteiger partial charge in [-0.1, -0.05) is 11.6 Å². The number of carbonyl (C=O) groups is 2. The fourth-order valence-corrected chi connectivity index (χ4v) is 1.52. The van der Waals surface area contributed by atoms with Gasteiger partial charge in [-0.25, -0.2) is 0 Å². The first kappa shape index (κ1) is 14.3. The Morgan fingerprint density at radius 3 is 2.67 bits per heavy atom. The number of benzene rings is 1.